The molecule has 2 aromatic rings. The second-order valence-corrected chi connectivity index (χ2v) is 4.60. The average Bonchev–Trinajstić information content (AvgIpc) is 2.28. The number of hydrogen-bond acceptors (Lipinski definition) is 1. The minimum absolute atomic E-state index is 1.15. The molecular weight excluding hydrogens is 206 g/mol. The Balaban J connectivity index is 2.60. The summed E-state index contributed by atoms with van der Waals surface area (Å²) in [5, 5.41) is 3.19. The van der Waals surface area contributed by atoms with Crippen molar-refractivity contribution in [3.05, 3.63) is 53.1 Å². The van der Waals surface area contributed by atoms with Gasteiger partial charge in [-0.1, -0.05) is 29.8 Å². The van der Waals surface area contributed by atoms with Gasteiger partial charge in [0, 0.05) is 12.7 Å². The predicted octanol–water partition coefficient (Wildman–Crippen LogP) is 4.32. The van der Waals surface area contributed by atoms with Crippen molar-refractivity contribution in [2.75, 3.05) is 12.4 Å². The molecule has 88 valence electrons. The molecule has 0 radical (unpaired) electrons. The van der Waals surface area contributed by atoms with Crippen LogP contribution in [0.1, 0.15) is 16.7 Å². The molecule has 0 aliphatic carbocycles. The SMILES string of the molecule is CNc1cccc(-c2c(C)cc(C)cc2C)c1. The summed E-state index contributed by atoms with van der Waals surface area (Å²) in [6.07, 6.45) is 0. The Kier molecular flexibility index (Phi) is 3.19. The number of aryl methyl sites for hydroxylation is 3. The Labute approximate surface area is 103 Å². The van der Waals surface area contributed by atoms with Crippen LogP contribution in [0.4, 0.5) is 5.69 Å². The van der Waals surface area contributed by atoms with Gasteiger partial charge in [-0.05, 0) is 55.2 Å². The molecule has 1 nitrogen and oxygen atoms in total. The maximum Gasteiger partial charge on any atom is 0.0343 e. The van der Waals surface area contributed by atoms with E-state index in [-0.39, 0.29) is 0 Å². The lowest BCUT2D eigenvalue weighted by Crippen LogP contribution is -1.92. The molecule has 2 rings (SSSR count). The zero-order valence-corrected chi connectivity index (χ0v) is 11.0. The molecular formula is C16H19N. The molecule has 0 heterocycles. The van der Waals surface area contributed by atoms with Gasteiger partial charge in [-0.3, -0.25) is 0 Å². The smallest absolute Gasteiger partial charge is 0.0343 e. The van der Waals surface area contributed by atoms with Crippen LogP contribution in [-0.4, -0.2) is 7.05 Å². The van der Waals surface area contributed by atoms with Gasteiger partial charge in [0.1, 0.15) is 0 Å². The van der Waals surface area contributed by atoms with E-state index in [1.165, 1.54) is 27.8 Å². The van der Waals surface area contributed by atoms with Gasteiger partial charge in [0.25, 0.3) is 0 Å². The van der Waals surface area contributed by atoms with Gasteiger partial charge in [0.15, 0.2) is 0 Å². The highest BCUT2D eigenvalue weighted by Crippen LogP contribution is 2.29. The molecule has 0 spiro atoms. The van der Waals surface area contributed by atoms with Crippen LogP contribution in [0.2, 0.25) is 0 Å². The molecule has 1 N–H and O–H groups in total. The average molecular weight is 225 g/mol. The van der Waals surface area contributed by atoms with Gasteiger partial charge >= 0.3 is 0 Å². The molecule has 0 aliphatic heterocycles. The monoisotopic (exact) mass is 225 g/mol. The van der Waals surface area contributed by atoms with Crippen LogP contribution in [0.15, 0.2) is 36.4 Å². The number of rotatable bonds is 2. The molecule has 0 atom stereocenters. The van der Waals surface area contributed by atoms with Crippen molar-refractivity contribution in [1.29, 1.82) is 0 Å². The maximum atomic E-state index is 3.19. The summed E-state index contributed by atoms with van der Waals surface area (Å²) in [7, 11) is 1.95. The molecule has 0 fully saturated rings. The number of benzene rings is 2. The lowest BCUT2D eigenvalue weighted by atomic mass is 9.94. The summed E-state index contributed by atoms with van der Waals surface area (Å²) in [6.45, 7) is 6.51. The van der Waals surface area contributed by atoms with E-state index in [1.807, 2.05) is 7.05 Å². The second-order valence-electron chi connectivity index (χ2n) is 4.60. The highest BCUT2D eigenvalue weighted by molar-refractivity contribution is 5.74. The predicted molar refractivity (Wildman–Crippen MR) is 75.6 cm³/mol. The molecule has 0 unspecified atom stereocenters. The molecule has 0 saturated heterocycles. The first-order chi connectivity index (χ1) is 8.11. The van der Waals surface area contributed by atoms with Gasteiger partial charge in [-0.15, -0.1) is 0 Å². The zero-order chi connectivity index (χ0) is 12.4. The first kappa shape index (κ1) is 11.7. The van der Waals surface area contributed by atoms with Crippen LogP contribution in [0.5, 0.6) is 0 Å². The molecule has 0 saturated carbocycles. The Morgan fingerprint density at radius 2 is 1.53 bits per heavy atom. The minimum atomic E-state index is 1.15. The molecule has 2 aromatic carbocycles. The standard InChI is InChI=1S/C16H19N/c1-11-8-12(2)16(13(3)9-11)14-6-5-7-15(10-14)17-4/h5-10,17H,1-4H3. The molecule has 0 bridgehead atoms. The summed E-state index contributed by atoms with van der Waals surface area (Å²) in [5.41, 5.74) is 7.81. The van der Waals surface area contributed by atoms with E-state index in [9.17, 15) is 0 Å². The molecule has 0 aromatic heterocycles. The molecule has 17 heavy (non-hydrogen) atoms. The van der Waals surface area contributed by atoms with Crippen LogP contribution in [0, 0.1) is 20.8 Å². The molecule has 0 aliphatic rings. The fourth-order valence-corrected chi connectivity index (χ4v) is 2.47. The Hall–Kier alpha value is -1.76. The third-order valence-corrected chi connectivity index (χ3v) is 3.12. The topological polar surface area (TPSA) is 12.0 Å². The van der Waals surface area contributed by atoms with E-state index in [2.05, 4.69) is 62.5 Å². The first-order valence-electron chi connectivity index (χ1n) is 5.98. The summed E-state index contributed by atoms with van der Waals surface area (Å²) < 4.78 is 0. The first-order valence-corrected chi connectivity index (χ1v) is 5.98. The van der Waals surface area contributed by atoms with Crippen molar-refractivity contribution in [2.45, 2.75) is 20.8 Å². The Morgan fingerprint density at radius 1 is 0.882 bits per heavy atom. The van der Waals surface area contributed by atoms with E-state index in [0.29, 0.717) is 0 Å². The largest absolute Gasteiger partial charge is 0.388 e. The van der Waals surface area contributed by atoms with Crippen LogP contribution >= 0.6 is 0 Å². The van der Waals surface area contributed by atoms with Crippen LogP contribution in [-0.2, 0) is 0 Å². The van der Waals surface area contributed by atoms with Crippen molar-refractivity contribution >= 4 is 5.69 Å². The highest BCUT2D eigenvalue weighted by atomic mass is 14.8. The van der Waals surface area contributed by atoms with Gasteiger partial charge in [-0.25, -0.2) is 0 Å². The third kappa shape index (κ3) is 2.33. The van der Waals surface area contributed by atoms with Gasteiger partial charge in [0.2, 0.25) is 0 Å². The summed E-state index contributed by atoms with van der Waals surface area (Å²) >= 11 is 0. The van der Waals surface area contributed by atoms with Gasteiger partial charge < -0.3 is 5.32 Å². The van der Waals surface area contributed by atoms with Crippen molar-refractivity contribution in [3.63, 3.8) is 0 Å². The van der Waals surface area contributed by atoms with Crippen molar-refractivity contribution in [2.24, 2.45) is 0 Å². The van der Waals surface area contributed by atoms with Crippen LogP contribution < -0.4 is 5.32 Å². The second kappa shape index (κ2) is 4.62. The minimum Gasteiger partial charge on any atom is -0.388 e. The fourth-order valence-electron chi connectivity index (χ4n) is 2.47. The summed E-state index contributed by atoms with van der Waals surface area (Å²) in [6, 6.07) is 13.0. The van der Waals surface area contributed by atoms with E-state index in [4.69, 9.17) is 0 Å². The van der Waals surface area contributed by atoms with Gasteiger partial charge in [-0.2, -0.15) is 0 Å². The van der Waals surface area contributed by atoms with E-state index in [0.717, 1.165) is 5.69 Å². The molecule has 1 heteroatoms. The Morgan fingerprint density at radius 3 is 2.12 bits per heavy atom. The summed E-state index contributed by atoms with van der Waals surface area (Å²) in [4.78, 5) is 0. The fraction of sp³-hybridized carbons (Fsp3) is 0.250. The number of anilines is 1. The normalized spacial score (nSPS) is 10.4. The zero-order valence-electron chi connectivity index (χ0n) is 11.0. The lowest BCUT2D eigenvalue weighted by Gasteiger charge is -2.12. The van der Waals surface area contributed by atoms with Crippen molar-refractivity contribution in [3.8, 4) is 11.1 Å². The van der Waals surface area contributed by atoms with Crippen molar-refractivity contribution in [1.82, 2.24) is 0 Å². The van der Waals surface area contributed by atoms with E-state index < -0.39 is 0 Å². The number of hydrogen-bond donors (Lipinski definition) is 1. The van der Waals surface area contributed by atoms with E-state index in [1.54, 1.807) is 0 Å². The lowest BCUT2D eigenvalue weighted by molar-refractivity contribution is 1.32. The molecule has 0 amide bonds. The summed E-state index contributed by atoms with van der Waals surface area (Å²) in [5.74, 6) is 0. The number of nitrogens with one attached hydrogen (secondary N) is 1. The van der Waals surface area contributed by atoms with Crippen LogP contribution in [0.3, 0.4) is 0 Å². The van der Waals surface area contributed by atoms with Gasteiger partial charge in [0.05, 0.1) is 0 Å². The quantitative estimate of drug-likeness (QED) is 0.802. The third-order valence-electron chi connectivity index (χ3n) is 3.12. The van der Waals surface area contributed by atoms with Crippen LogP contribution in [0.25, 0.3) is 11.1 Å². The highest BCUT2D eigenvalue weighted by Gasteiger charge is 2.06. The Bertz CT molecular complexity index is 518. The van der Waals surface area contributed by atoms with E-state index >= 15 is 0 Å². The maximum absolute atomic E-state index is 3.19. The van der Waals surface area contributed by atoms with Crippen molar-refractivity contribution < 1.29 is 0 Å².